The highest BCUT2D eigenvalue weighted by Crippen LogP contribution is 2.16. The summed E-state index contributed by atoms with van der Waals surface area (Å²) in [5, 5.41) is 8.32. The van der Waals surface area contributed by atoms with Crippen LogP contribution in [-0.2, 0) is 4.79 Å². The molecule has 0 atom stereocenters. The fourth-order valence-corrected chi connectivity index (χ4v) is 1.50. The van der Waals surface area contributed by atoms with Crippen LogP contribution in [0.2, 0.25) is 0 Å². The molecule has 1 rings (SSSR count). The molecule has 4 nitrogen and oxygen atoms in total. The van der Waals surface area contributed by atoms with Crippen molar-refractivity contribution in [2.45, 2.75) is 32.6 Å². The molecule has 1 amide bonds. The molecule has 2 N–H and O–H groups in total. The number of carbonyl (C=O) groups is 2. The van der Waals surface area contributed by atoms with Crippen molar-refractivity contribution in [2.75, 3.05) is 0 Å². The third-order valence-electron chi connectivity index (χ3n) is 2.58. The van der Waals surface area contributed by atoms with Crippen molar-refractivity contribution in [2.24, 2.45) is 0 Å². The van der Waals surface area contributed by atoms with Crippen LogP contribution in [0, 0.1) is 0 Å². The maximum atomic E-state index is 11.8. The SMILES string of the molecule is CC(C)c1cccc(C(=O)CCC(=O)NO)c1. The Labute approximate surface area is 101 Å². The fraction of sp³-hybridized carbons (Fsp3) is 0.385. The molecule has 0 aliphatic rings. The average molecular weight is 235 g/mol. The lowest BCUT2D eigenvalue weighted by molar-refractivity contribution is -0.129. The first-order valence-electron chi connectivity index (χ1n) is 5.60. The zero-order valence-electron chi connectivity index (χ0n) is 10.1. The Morgan fingerprint density at radius 3 is 2.59 bits per heavy atom. The van der Waals surface area contributed by atoms with Crippen molar-refractivity contribution in [3.63, 3.8) is 0 Å². The van der Waals surface area contributed by atoms with Gasteiger partial charge in [0.1, 0.15) is 0 Å². The fourth-order valence-electron chi connectivity index (χ4n) is 1.50. The number of hydrogen-bond donors (Lipinski definition) is 2. The summed E-state index contributed by atoms with van der Waals surface area (Å²) < 4.78 is 0. The molecule has 4 heteroatoms. The molecule has 0 heterocycles. The van der Waals surface area contributed by atoms with Crippen LogP contribution in [0.4, 0.5) is 0 Å². The molecule has 1 aromatic rings. The number of carbonyl (C=O) groups excluding carboxylic acids is 2. The van der Waals surface area contributed by atoms with E-state index in [4.69, 9.17) is 5.21 Å². The number of nitrogens with one attached hydrogen (secondary N) is 1. The van der Waals surface area contributed by atoms with Crippen molar-refractivity contribution in [1.82, 2.24) is 5.48 Å². The van der Waals surface area contributed by atoms with E-state index in [1.165, 1.54) is 5.48 Å². The highest BCUT2D eigenvalue weighted by Gasteiger charge is 2.10. The van der Waals surface area contributed by atoms with Gasteiger partial charge in [-0.05, 0) is 17.5 Å². The topological polar surface area (TPSA) is 66.4 Å². The number of rotatable bonds is 5. The van der Waals surface area contributed by atoms with E-state index in [2.05, 4.69) is 13.8 Å². The van der Waals surface area contributed by atoms with Gasteiger partial charge in [-0.1, -0.05) is 32.0 Å². The lowest BCUT2D eigenvalue weighted by atomic mass is 9.98. The maximum absolute atomic E-state index is 11.8. The standard InChI is InChI=1S/C13H17NO3/c1-9(2)10-4-3-5-11(8-10)12(15)6-7-13(16)14-17/h3-5,8-9,17H,6-7H2,1-2H3,(H,14,16). The Morgan fingerprint density at radius 2 is 2.00 bits per heavy atom. The summed E-state index contributed by atoms with van der Waals surface area (Å²) in [6, 6.07) is 7.41. The predicted octanol–water partition coefficient (Wildman–Crippen LogP) is 2.28. The van der Waals surface area contributed by atoms with Crippen LogP contribution >= 0.6 is 0 Å². The molecule has 0 bridgehead atoms. The number of Topliss-reactive ketones (excluding diaryl/α,β-unsaturated/α-hetero) is 1. The Morgan fingerprint density at radius 1 is 1.29 bits per heavy atom. The van der Waals surface area contributed by atoms with E-state index in [9.17, 15) is 9.59 Å². The normalized spacial score (nSPS) is 10.4. The Bertz CT molecular complexity index is 413. The molecule has 0 aromatic heterocycles. The van der Waals surface area contributed by atoms with Crippen molar-refractivity contribution >= 4 is 11.7 Å². The molecule has 0 radical (unpaired) electrons. The van der Waals surface area contributed by atoms with Gasteiger partial charge >= 0.3 is 0 Å². The molecule has 17 heavy (non-hydrogen) atoms. The van der Waals surface area contributed by atoms with Crippen molar-refractivity contribution < 1.29 is 14.8 Å². The number of benzene rings is 1. The van der Waals surface area contributed by atoms with Gasteiger partial charge in [0.15, 0.2) is 5.78 Å². The average Bonchev–Trinajstić information content (AvgIpc) is 2.35. The van der Waals surface area contributed by atoms with Crippen LogP contribution in [-0.4, -0.2) is 16.9 Å². The molecule has 0 aliphatic carbocycles. The quantitative estimate of drug-likeness (QED) is 0.467. The van der Waals surface area contributed by atoms with E-state index >= 15 is 0 Å². The van der Waals surface area contributed by atoms with Crippen LogP contribution in [0.25, 0.3) is 0 Å². The molecule has 0 spiro atoms. The van der Waals surface area contributed by atoms with Gasteiger partial charge in [0.05, 0.1) is 0 Å². The van der Waals surface area contributed by atoms with Gasteiger partial charge in [-0.15, -0.1) is 0 Å². The van der Waals surface area contributed by atoms with Crippen LogP contribution in [0.3, 0.4) is 0 Å². The van der Waals surface area contributed by atoms with Gasteiger partial charge in [-0.2, -0.15) is 0 Å². The molecule has 92 valence electrons. The summed E-state index contributed by atoms with van der Waals surface area (Å²) in [7, 11) is 0. The zero-order chi connectivity index (χ0) is 12.8. The van der Waals surface area contributed by atoms with Gasteiger partial charge in [0.2, 0.25) is 5.91 Å². The summed E-state index contributed by atoms with van der Waals surface area (Å²) >= 11 is 0. The third kappa shape index (κ3) is 4.00. The van der Waals surface area contributed by atoms with Crippen LogP contribution < -0.4 is 5.48 Å². The minimum Gasteiger partial charge on any atom is -0.294 e. The largest absolute Gasteiger partial charge is 0.294 e. The summed E-state index contributed by atoms with van der Waals surface area (Å²) in [5.74, 6) is -0.266. The van der Waals surface area contributed by atoms with E-state index in [1.807, 2.05) is 18.2 Å². The lowest BCUT2D eigenvalue weighted by Gasteiger charge is -2.07. The van der Waals surface area contributed by atoms with E-state index < -0.39 is 5.91 Å². The second-order valence-corrected chi connectivity index (χ2v) is 4.24. The predicted molar refractivity (Wildman–Crippen MR) is 64.0 cm³/mol. The van der Waals surface area contributed by atoms with E-state index in [-0.39, 0.29) is 18.6 Å². The van der Waals surface area contributed by atoms with Gasteiger partial charge in [0, 0.05) is 18.4 Å². The van der Waals surface area contributed by atoms with Gasteiger partial charge in [0.25, 0.3) is 0 Å². The van der Waals surface area contributed by atoms with Crippen LogP contribution in [0.1, 0.15) is 48.5 Å². The maximum Gasteiger partial charge on any atom is 0.243 e. The summed E-state index contributed by atoms with van der Waals surface area (Å²) in [4.78, 5) is 22.6. The number of amides is 1. The number of hydrogen-bond acceptors (Lipinski definition) is 3. The molecule has 0 unspecified atom stereocenters. The van der Waals surface area contributed by atoms with E-state index in [0.29, 0.717) is 11.5 Å². The Hall–Kier alpha value is -1.68. The second kappa shape index (κ2) is 6.15. The zero-order valence-corrected chi connectivity index (χ0v) is 10.1. The first-order chi connectivity index (χ1) is 8.04. The minimum atomic E-state index is -0.543. The van der Waals surface area contributed by atoms with Crippen molar-refractivity contribution in [3.05, 3.63) is 35.4 Å². The van der Waals surface area contributed by atoms with Gasteiger partial charge in [-0.25, -0.2) is 5.48 Å². The third-order valence-corrected chi connectivity index (χ3v) is 2.58. The first-order valence-corrected chi connectivity index (χ1v) is 5.60. The van der Waals surface area contributed by atoms with E-state index in [0.717, 1.165) is 5.56 Å². The van der Waals surface area contributed by atoms with E-state index in [1.54, 1.807) is 6.07 Å². The van der Waals surface area contributed by atoms with Crippen molar-refractivity contribution in [3.8, 4) is 0 Å². The first kappa shape index (κ1) is 13.4. The lowest BCUT2D eigenvalue weighted by Crippen LogP contribution is -2.19. The van der Waals surface area contributed by atoms with Crippen molar-refractivity contribution in [1.29, 1.82) is 0 Å². The number of hydroxylamine groups is 1. The van der Waals surface area contributed by atoms with Crippen LogP contribution in [0.15, 0.2) is 24.3 Å². The smallest absolute Gasteiger partial charge is 0.243 e. The summed E-state index contributed by atoms with van der Waals surface area (Å²) in [6.45, 7) is 4.12. The molecule has 0 saturated heterocycles. The summed E-state index contributed by atoms with van der Waals surface area (Å²) in [5.41, 5.74) is 3.22. The Balaban J connectivity index is 2.69. The highest BCUT2D eigenvalue weighted by atomic mass is 16.5. The molecular formula is C13H17NO3. The molecule has 0 aliphatic heterocycles. The van der Waals surface area contributed by atoms with Crippen LogP contribution in [0.5, 0.6) is 0 Å². The highest BCUT2D eigenvalue weighted by molar-refractivity contribution is 5.98. The molecule has 0 fully saturated rings. The number of ketones is 1. The molecule has 1 aromatic carbocycles. The summed E-state index contributed by atoms with van der Waals surface area (Å²) in [6.07, 6.45) is 0.106. The Kier molecular flexibility index (Phi) is 4.84. The second-order valence-electron chi connectivity index (χ2n) is 4.24. The van der Waals surface area contributed by atoms with Gasteiger partial charge in [-0.3, -0.25) is 14.8 Å². The monoisotopic (exact) mass is 235 g/mol. The minimum absolute atomic E-state index is 0.00123. The molecular weight excluding hydrogens is 218 g/mol. The molecule has 0 saturated carbocycles. The van der Waals surface area contributed by atoms with Gasteiger partial charge < -0.3 is 0 Å².